The van der Waals surface area contributed by atoms with E-state index in [1.807, 2.05) is 24.3 Å². The number of carboxylic acid groups (broad SMARTS) is 1. The van der Waals surface area contributed by atoms with Crippen LogP contribution in [0.15, 0.2) is 106 Å². The molecule has 2 heterocycles. The number of halogens is 3. The van der Waals surface area contributed by atoms with Crippen LogP contribution in [0, 0.1) is 11.6 Å². The predicted octanol–water partition coefficient (Wildman–Crippen LogP) is 8.26. The first kappa shape index (κ1) is 30.7. The van der Waals surface area contributed by atoms with Crippen LogP contribution < -0.4 is 14.2 Å². The monoisotopic (exact) mass is 686 g/mol. The topological polar surface area (TPSA) is 104 Å². The molecule has 1 atom stereocenters. The minimum atomic E-state index is -1.41. The fraction of sp³-hybridized carbons (Fsp3) is 0.114. The minimum Gasteiger partial charge on any atom is -0.496 e. The first-order valence-electron chi connectivity index (χ1n) is 14.0. The lowest BCUT2D eigenvalue weighted by Gasteiger charge is -2.18. The Balaban J connectivity index is 1.24. The van der Waals surface area contributed by atoms with Gasteiger partial charge in [0.2, 0.25) is 0 Å². The molecule has 0 bridgehead atoms. The number of aromatic nitrogens is 2. The van der Waals surface area contributed by atoms with Gasteiger partial charge < -0.3 is 23.7 Å². The average Bonchev–Trinajstić information content (AvgIpc) is 3.40. The smallest absolute Gasteiger partial charge is 0.345 e. The van der Waals surface area contributed by atoms with Gasteiger partial charge in [0.05, 0.1) is 28.2 Å². The number of fused-ring (bicyclic) bond motifs is 1. The molecule has 1 unspecified atom stereocenters. The maximum Gasteiger partial charge on any atom is 0.345 e. The number of furan rings is 1. The van der Waals surface area contributed by atoms with Crippen molar-refractivity contribution >= 4 is 32.9 Å². The summed E-state index contributed by atoms with van der Waals surface area (Å²) in [5.41, 5.74) is 2.55. The van der Waals surface area contributed by atoms with Gasteiger partial charge in [-0.15, -0.1) is 0 Å². The average molecular weight is 687 g/mol. The van der Waals surface area contributed by atoms with Crippen molar-refractivity contribution < 1.29 is 37.3 Å². The number of nitrogens with zero attached hydrogens (tertiary/aromatic N) is 2. The number of para-hydroxylation sites is 2. The fourth-order valence-corrected chi connectivity index (χ4v) is 5.64. The molecule has 0 aliphatic rings. The molecule has 0 saturated heterocycles. The molecule has 0 amide bonds. The largest absolute Gasteiger partial charge is 0.496 e. The van der Waals surface area contributed by atoms with Crippen LogP contribution in [-0.4, -0.2) is 34.3 Å². The maximum atomic E-state index is 14.7. The molecular formula is C35H25BrF2N2O6. The Morgan fingerprint density at radius 2 is 1.67 bits per heavy atom. The maximum absolute atomic E-state index is 14.7. The third kappa shape index (κ3) is 6.54. The van der Waals surface area contributed by atoms with Crippen molar-refractivity contribution in [2.24, 2.45) is 0 Å². The Morgan fingerprint density at radius 3 is 2.43 bits per heavy atom. The third-order valence-electron chi connectivity index (χ3n) is 7.13. The summed E-state index contributed by atoms with van der Waals surface area (Å²) in [4.78, 5) is 21.4. The number of rotatable bonds is 11. The number of aliphatic carboxylic acids is 1. The molecule has 4 aromatic carbocycles. The lowest BCUT2D eigenvalue weighted by atomic mass is 10.1. The van der Waals surface area contributed by atoms with Crippen molar-refractivity contribution in [3.05, 3.63) is 125 Å². The summed E-state index contributed by atoms with van der Waals surface area (Å²) >= 11 is 3.48. The molecule has 6 aromatic rings. The van der Waals surface area contributed by atoms with E-state index in [0.717, 1.165) is 11.6 Å². The molecule has 0 spiro atoms. The Labute approximate surface area is 270 Å². The van der Waals surface area contributed by atoms with Crippen LogP contribution in [0.25, 0.3) is 33.7 Å². The first-order valence-corrected chi connectivity index (χ1v) is 14.8. The molecule has 6 rings (SSSR count). The summed E-state index contributed by atoms with van der Waals surface area (Å²) in [5, 5.41) is 10.5. The number of hydrogen-bond donors (Lipinski definition) is 1. The summed E-state index contributed by atoms with van der Waals surface area (Å²) in [6.45, 7) is 0.0823. The van der Waals surface area contributed by atoms with E-state index < -0.39 is 23.7 Å². The van der Waals surface area contributed by atoms with E-state index in [0.29, 0.717) is 49.8 Å². The Bertz CT molecular complexity index is 2030. The standard InChI is InChI=1S/C35H25BrF2N2O6/c1-43-27-9-5-3-7-25(27)34-39-15-14-24(40-34)19-44-26-8-4-2-6-21(26)16-30(35(41)42)45-28-17-23(38)18-29-31(28)32(36)33(46-29)20-10-12-22(37)13-11-20/h2-15,17-18,30H,16,19H2,1H3,(H,41,42). The van der Waals surface area contributed by atoms with E-state index in [-0.39, 0.29) is 24.4 Å². The van der Waals surface area contributed by atoms with Crippen LogP contribution in [0.5, 0.6) is 17.2 Å². The van der Waals surface area contributed by atoms with E-state index in [1.165, 1.54) is 30.3 Å². The number of methoxy groups -OCH3 is 1. The van der Waals surface area contributed by atoms with Gasteiger partial charge in [-0.05, 0) is 70.0 Å². The number of carbonyl (C=O) groups is 1. The second kappa shape index (κ2) is 13.4. The van der Waals surface area contributed by atoms with Crippen LogP contribution in [0.4, 0.5) is 8.78 Å². The van der Waals surface area contributed by atoms with Crippen molar-refractivity contribution in [1.29, 1.82) is 0 Å². The van der Waals surface area contributed by atoms with Crippen LogP contribution in [0.3, 0.4) is 0 Å². The number of benzene rings is 4. The molecule has 8 nitrogen and oxygen atoms in total. The van der Waals surface area contributed by atoms with E-state index in [4.69, 9.17) is 18.6 Å². The van der Waals surface area contributed by atoms with Gasteiger partial charge in [0.25, 0.3) is 0 Å². The van der Waals surface area contributed by atoms with Crippen molar-refractivity contribution in [1.82, 2.24) is 9.97 Å². The van der Waals surface area contributed by atoms with E-state index in [1.54, 1.807) is 43.6 Å². The van der Waals surface area contributed by atoms with Gasteiger partial charge in [-0.25, -0.2) is 23.5 Å². The van der Waals surface area contributed by atoms with Crippen molar-refractivity contribution in [3.8, 4) is 40.0 Å². The van der Waals surface area contributed by atoms with Crippen LogP contribution in [-0.2, 0) is 17.8 Å². The molecule has 2 aromatic heterocycles. The molecule has 11 heteroatoms. The quantitative estimate of drug-likeness (QED) is 0.145. The number of hydrogen-bond acceptors (Lipinski definition) is 7. The normalized spacial score (nSPS) is 11.7. The van der Waals surface area contributed by atoms with Crippen molar-refractivity contribution in [3.63, 3.8) is 0 Å². The van der Waals surface area contributed by atoms with E-state index in [9.17, 15) is 18.7 Å². The van der Waals surface area contributed by atoms with Crippen molar-refractivity contribution in [2.45, 2.75) is 19.1 Å². The zero-order valence-corrected chi connectivity index (χ0v) is 25.8. The lowest BCUT2D eigenvalue weighted by molar-refractivity contribution is -0.145. The zero-order valence-electron chi connectivity index (χ0n) is 24.2. The molecule has 0 radical (unpaired) electrons. The van der Waals surface area contributed by atoms with Crippen LogP contribution in [0.1, 0.15) is 11.3 Å². The van der Waals surface area contributed by atoms with E-state index in [2.05, 4.69) is 25.9 Å². The van der Waals surface area contributed by atoms with Gasteiger partial charge in [-0.1, -0.05) is 30.3 Å². The SMILES string of the molecule is COc1ccccc1-c1nccc(COc2ccccc2CC(Oc2cc(F)cc3oc(-c4ccc(F)cc4)c(Br)c23)C(=O)O)n1. The zero-order chi connectivity index (χ0) is 32.2. The summed E-state index contributed by atoms with van der Waals surface area (Å²) < 4.78 is 52.0. The predicted molar refractivity (Wildman–Crippen MR) is 170 cm³/mol. The molecular weight excluding hydrogens is 662 g/mol. The summed E-state index contributed by atoms with van der Waals surface area (Å²) in [5.74, 6) is -0.542. The Hall–Kier alpha value is -5.29. The van der Waals surface area contributed by atoms with Gasteiger partial charge in [-0.3, -0.25) is 0 Å². The number of carboxylic acids is 1. The third-order valence-corrected chi connectivity index (χ3v) is 7.88. The molecule has 232 valence electrons. The highest BCUT2D eigenvalue weighted by molar-refractivity contribution is 9.10. The lowest BCUT2D eigenvalue weighted by Crippen LogP contribution is -2.29. The van der Waals surface area contributed by atoms with Gasteiger partial charge in [0.1, 0.15) is 46.8 Å². The molecule has 46 heavy (non-hydrogen) atoms. The minimum absolute atomic E-state index is 0.0327. The number of ether oxygens (including phenoxy) is 3. The second-order valence-electron chi connectivity index (χ2n) is 10.1. The van der Waals surface area contributed by atoms with E-state index >= 15 is 0 Å². The molecule has 0 aliphatic carbocycles. The molecule has 0 fully saturated rings. The van der Waals surface area contributed by atoms with Gasteiger partial charge in [0.15, 0.2) is 11.9 Å². The Morgan fingerprint density at radius 1 is 0.935 bits per heavy atom. The second-order valence-corrected chi connectivity index (χ2v) is 10.9. The van der Waals surface area contributed by atoms with Crippen LogP contribution >= 0.6 is 15.9 Å². The highest BCUT2D eigenvalue weighted by atomic mass is 79.9. The summed E-state index contributed by atoms with van der Waals surface area (Å²) in [6.07, 6.45) is 0.116. The summed E-state index contributed by atoms with van der Waals surface area (Å²) in [7, 11) is 1.58. The first-order chi connectivity index (χ1) is 22.3. The summed E-state index contributed by atoms with van der Waals surface area (Å²) in [6, 6.07) is 24.0. The fourth-order valence-electron chi connectivity index (χ4n) is 4.94. The van der Waals surface area contributed by atoms with Gasteiger partial charge in [-0.2, -0.15) is 0 Å². The van der Waals surface area contributed by atoms with Gasteiger partial charge >= 0.3 is 5.97 Å². The Kier molecular flexibility index (Phi) is 8.93. The highest BCUT2D eigenvalue weighted by Gasteiger charge is 2.26. The van der Waals surface area contributed by atoms with Crippen LogP contribution in [0.2, 0.25) is 0 Å². The van der Waals surface area contributed by atoms with Gasteiger partial charge in [0, 0.05) is 30.3 Å². The molecule has 1 N–H and O–H groups in total. The highest BCUT2D eigenvalue weighted by Crippen LogP contribution is 2.43. The molecule has 0 aliphatic heterocycles. The van der Waals surface area contributed by atoms with Crippen molar-refractivity contribution in [2.75, 3.05) is 7.11 Å². The molecule has 0 saturated carbocycles.